The van der Waals surface area contributed by atoms with Crippen LogP contribution in [0.5, 0.6) is 5.75 Å². The molecule has 1 aromatic rings. The number of carbonyl (C=O) groups excluding carboxylic acids is 1. The molecule has 7 heteroatoms. The van der Waals surface area contributed by atoms with Crippen molar-refractivity contribution >= 4 is 34.9 Å². The number of benzene rings is 1. The zero-order valence-electron chi connectivity index (χ0n) is 18.3. The number of carbonyl (C=O) groups is 1. The van der Waals surface area contributed by atoms with E-state index in [0.717, 1.165) is 37.2 Å². The summed E-state index contributed by atoms with van der Waals surface area (Å²) in [5.41, 5.74) is 1.01. The molecule has 1 heterocycles. The van der Waals surface area contributed by atoms with Gasteiger partial charge in [-0.25, -0.2) is 0 Å². The van der Waals surface area contributed by atoms with Crippen LogP contribution < -0.4 is 4.74 Å². The molecule has 1 fully saturated rings. The summed E-state index contributed by atoms with van der Waals surface area (Å²) in [5, 5.41) is 16.0. The van der Waals surface area contributed by atoms with Gasteiger partial charge in [0.2, 0.25) is 0 Å². The fourth-order valence-corrected chi connectivity index (χ4v) is 5.40. The third-order valence-corrected chi connectivity index (χ3v) is 7.34. The first-order valence-electron chi connectivity index (χ1n) is 11.2. The Labute approximate surface area is 194 Å². The molecule has 1 saturated heterocycles. The minimum Gasteiger partial charge on any atom is -0.505 e. The number of oxime groups is 1. The van der Waals surface area contributed by atoms with Crippen molar-refractivity contribution in [2.24, 2.45) is 17.0 Å². The molecule has 0 amide bonds. The fourth-order valence-electron chi connectivity index (χ4n) is 4.04. The standard InChI is InChI=1S/C24H32ClNO4S/c1-3-5-8-19-21(27)14-20(16-7-6-13-31-15-16)23(24(19)28)26-30-22(4-2)29-18-11-9-17(25)10-12-18/h9-12,16,20,22,28H,3-8,13-15H2,1-2H3. The van der Waals surface area contributed by atoms with Crippen LogP contribution in [0.3, 0.4) is 0 Å². The van der Waals surface area contributed by atoms with E-state index in [1.54, 1.807) is 24.3 Å². The van der Waals surface area contributed by atoms with E-state index in [1.165, 1.54) is 0 Å². The molecule has 1 aromatic carbocycles. The Kier molecular flexibility index (Phi) is 9.15. The quantitative estimate of drug-likeness (QED) is 0.330. The summed E-state index contributed by atoms with van der Waals surface area (Å²) >= 11 is 7.85. The number of unbranched alkanes of at least 4 members (excludes halogenated alkanes) is 1. The molecule has 0 saturated carbocycles. The molecule has 170 valence electrons. The Morgan fingerprint density at radius 1 is 1.29 bits per heavy atom. The number of aliphatic hydroxyl groups excluding tert-OH is 1. The van der Waals surface area contributed by atoms with Crippen molar-refractivity contribution in [3.8, 4) is 5.75 Å². The number of rotatable bonds is 9. The van der Waals surface area contributed by atoms with Gasteiger partial charge in [-0.1, -0.05) is 37.0 Å². The number of aliphatic hydroxyl groups is 1. The van der Waals surface area contributed by atoms with Gasteiger partial charge in [-0.15, -0.1) is 0 Å². The van der Waals surface area contributed by atoms with Gasteiger partial charge in [-0.2, -0.15) is 11.8 Å². The highest BCUT2D eigenvalue weighted by molar-refractivity contribution is 7.99. The lowest BCUT2D eigenvalue weighted by molar-refractivity contribution is -0.117. The molecule has 3 unspecified atom stereocenters. The normalized spacial score (nSPS) is 24.4. The zero-order chi connectivity index (χ0) is 22.2. The van der Waals surface area contributed by atoms with Crippen LogP contribution in [0.25, 0.3) is 0 Å². The molecule has 1 aliphatic heterocycles. The maximum absolute atomic E-state index is 12.8. The third kappa shape index (κ3) is 6.42. The van der Waals surface area contributed by atoms with Crippen LogP contribution in [0.1, 0.15) is 58.8 Å². The number of Topliss-reactive ketones (excluding diaryl/α,β-unsaturated/α-hetero) is 1. The monoisotopic (exact) mass is 465 g/mol. The number of hydrogen-bond acceptors (Lipinski definition) is 6. The first-order chi connectivity index (χ1) is 15.0. The molecule has 0 spiro atoms. The highest BCUT2D eigenvalue weighted by atomic mass is 35.5. The molecular weight excluding hydrogens is 434 g/mol. The van der Waals surface area contributed by atoms with Gasteiger partial charge in [-0.05, 0) is 67.4 Å². The number of thioether (sulfide) groups is 1. The Morgan fingerprint density at radius 2 is 2.06 bits per heavy atom. The van der Waals surface area contributed by atoms with Crippen LogP contribution in [0.15, 0.2) is 40.8 Å². The Morgan fingerprint density at radius 3 is 2.71 bits per heavy atom. The van der Waals surface area contributed by atoms with Gasteiger partial charge in [0.05, 0.1) is 0 Å². The highest BCUT2D eigenvalue weighted by Crippen LogP contribution is 2.37. The second kappa shape index (κ2) is 11.8. The average molecular weight is 466 g/mol. The van der Waals surface area contributed by atoms with Crippen LogP contribution in [0.2, 0.25) is 5.02 Å². The summed E-state index contributed by atoms with van der Waals surface area (Å²) in [6.45, 7) is 4.02. The molecule has 31 heavy (non-hydrogen) atoms. The lowest BCUT2D eigenvalue weighted by Gasteiger charge is -2.33. The molecule has 0 bridgehead atoms. The van der Waals surface area contributed by atoms with E-state index in [1.807, 2.05) is 18.7 Å². The largest absolute Gasteiger partial charge is 0.505 e. The minimum absolute atomic E-state index is 0.0200. The van der Waals surface area contributed by atoms with Gasteiger partial charge in [-0.3, -0.25) is 4.79 Å². The lowest BCUT2D eigenvalue weighted by Crippen LogP contribution is -2.36. The summed E-state index contributed by atoms with van der Waals surface area (Å²) in [5.74, 6) is 3.04. The zero-order valence-corrected chi connectivity index (χ0v) is 19.9. The smallest absolute Gasteiger partial charge is 0.265 e. The van der Waals surface area contributed by atoms with E-state index in [4.69, 9.17) is 21.2 Å². The first-order valence-corrected chi connectivity index (χ1v) is 12.8. The molecule has 3 atom stereocenters. The SMILES string of the molecule is CCCCC1=C(O)C(=NOC(CC)Oc2ccc(Cl)cc2)C(C2CCCSC2)CC1=O. The Bertz CT molecular complexity index is 802. The summed E-state index contributed by atoms with van der Waals surface area (Å²) < 4.78 is 5.88. The lowest BCUT2D eigenvalue weighted by atomic mass is 9.76. The van der Waals surface area contributed by atoms with Gasteiger partial charge in [0, 0.05) is 29.4 Å². The van der Waals surface area contributed by atoms with E-state index in [0.29, 0.717) is 47.2 Å². The van der Waals surface area contributed by atoms with Gasteiger partial charge in [0.25, 0.3) is 6.29 Å². The van der Waals surface area contributed by atoms with Gasteiger partial charge >= 0.3 is 0 Å². The number of hydrogen-bond donors (Lipinski definition) is 1. The number of nitrogens with zero attached hydrogens (tertiary/aromatic N) is 1. The minimum atomic E-state index is -0.598. The molecule has 5 nitrogen and oxygen atoms in total. The third-order valence-electron chi connectivity index (χ3n) is 5.85. The van der Waals surface area contributed by atoms with Gasteiger partial charge < -0.3 is 14.7 Å². The average Bonchev–Trinajstić information content (AvgIpc) is 2.79. The topological polar surface area (TPSA) is 68.1 Å². The maximum Gasteiger partial charge on any atom is 0.265 e. The summed E-state index contributed by atoms with van der Waals surface area (Å²) in [6.07, 6.45) is 4.94. The molecule has 0 aromatic heterocycles. The molecular formula is C24H32ClNO4S. The van der Waals surface area contributed by atoms with Crippen LogP contribution in [0.4, 0.5) is 0 Å². The Hall–Kier alpha value is -1.66. The number of ketones is 1. The van der Waals surface area contributed by atoms with Crippen molar-refractivity contribution in [2.75, 3.05) is 11.5 Å². The number of ether oxygens (including phenoxy) is 1. The van der Waals surface area contributed by atoms with Gasteiger partial charge in [0.15, 0.2) is 5.78 Å². The molecule has 1 aliphatic carbocycles. The molecule has 3 rings (SSSR count). The van der Waals surface area contributed by atoms with E-state index in [9.17, 15) is 9.90 Å². The first kappa shape index (κ1) is 24.0. The van der Waals surface area contributed by atoms with Crippen molar-refractivity contribution in [3.63, 3.8) is 0 Å². The van der Waals surface area contributed by atoms with Crippen molar-refractivity contribution in [2.45, 2.75) is 65.1 Å². The van der Waals surface area contributed by atoms with Crippen molar-refractivity contribution in [3.05, 3.63) is 40.6 Å². The summed E-state index contributed by atoms with van der Waals surface area (Å²) in [6, 6.07) is 7.08. The van der Waals surface area contributed by atoms with E-state index >= 15 is 0 Å². The fraction of sp³-hybridized carbons (Fsp3) is 0.583. The van der Waals surface area contributed by atoms with Crippen molar-refractivity contribution < 1.29 is 19.5 Å². The highest BCUT2D eigenvalue weighted by Gasteiger charge is 2.38. The number of allylic oxidation sites excluding steroid dienone is 2. The summed E-state index contributed by atoms with van der Waals surface area (Å²) in [7, 11) is 0. The van der Waals surface area contributed by atoms with Crippen LogP contribution >= 0.6 is 23.4 Å². The predicted molar refractivity (Wildman–Crippen MR) is 127 cm³/mol. The van der Waals surface area contributed by atoms with Crippen LogP contribution in [-0.2, 0) is 9.63 Å². The Balaban J connectivity index is 1.82. The van der Waals surface area contributed by atoms with Crippen LogP contribution in [-0.4, -0.2) is 34.4 Å². The van der Waals surface area contributed by atoms with E-state index < -0.39 is 6.29 Å². The van der Waals surface area contributed by atoms with Crippen LogP contribution in [0, 0.1) is 11.8 Å². The predicted octanol–water partition coefficient (Wildman–Crippen LogP) is 6.56. The second-order valence-electron chi connectivity index (χ2n) is 8.13. The second-order valence-corrected chi connectivity index (χ2v) is 9.72. The van der Waals surface area contributed by atoms with E-state index in [2.05, 4.69) is 12.1 Å². The van der Waals surface area contributed by atoms with E-state index in [-0.39, 0.29) is 17.5 Å². The number of halogens is 1. The molecule has 1 N–H and O–H groups in total. The summed E-state index contributed by atoms with van der Waals surface area (Å²) in [4.78, 5) is 18.6. The van der Waals surface area contributed by atoms with Crippen molar-refractivity contribution in [1.29, 1.82) is 0 Å². The molecule has 2 aliphatic rings. The molecule has 0 radical (unpaired) electrons. The maximum atomic E-state index is 12.8. The van der Waals surface area contributed by atoms with Gasteiger partial charge in [0.1, 0.15) is 17.2 Å². The van der Waals surface area contributed by atoms with Crippen molar-refractivity contribution in [1.82, 2.24) is 0 Å².